The summed E-state index contributed by atoms with van der Waals surface area (Å²) in [7, 11) is -3.43. The maximum absolute atomic E-state index is 12.8. The smallest absolute Gasteiger partial charge is 0.243 e. The summed E-state index contributed by atoms with van der Waals surface area (Å²) in [5, 5.41) is 1.04. The van der Waals surface area contributed by atoms with Crippen LogP contribution in [0.5, 0.6) is 0 Å². The predicted molar refractivity (Wildman–Crippen MR) is 113 cm³/mol. The minimum Gasteiger partial charge on any atom is -0.300 e. The highest BCUT2D eigenvalue weighted by Gasteiger charge is 2.28. The molecule has 0 bridgehead atoms. The number of halogens is 1. The van der Waals surface area contributed by atoms with Crippen molar-refractivity contribution in [3.63, 3.8) is 0 Å². The predicted octanol–water partition coefficient (Wildman–Crippen LogP) is 2.94. The lowest BCUT2D eigenvalue weighted by molar-refractivity contribution is 0.189. The molecule has 146 valence electrons. The topological polar surface area (TPSA) is 66.4 Å². The quantitative estimate of drug-likeness (QED) is 0.585. The Balaban J connectivity index is 1.34. The first-order valence-electron chi connectivity index (χ1n) is 9.21. The summed E-state index contributed by atoms with van der Waals surface area (Å²) >= 11 is 3.34. The number of para-hydroxylation sites is 1. The van der Waals surface area contributed by atoms with Gasteiger partial charge < -0.3 is 4.90 Å². The van der Waals surface area contributed by atoms with E-state index in [1.54, 1.807) is 28.6 Å². The van der Waals surface area contributed by atoms with Gasteiger partial charge in [0.1, 0.15) is 5.82 Å². The van der Waals surface area contributed by atoms with E-state index in [0.717, 1.165) is 34.2 Å². The average Bonchev–Trinajstić information content (AvgIpc) is 2.73. The van der Waals surface area contributed by atoms with Gasteiger partial charge in [0, 0.05) is 55.2 Å². The van der Waals surface area contributed by atoms with E-state index in [-0.39, 0.29) is 0 Å². The second kappa shape index (κ2) is 8.24. The largest absolute Gasteiger partial charge is 0.300 e. The molecule has 0 saturated carbocycles. The van der Waals surface area contributed by atoms with Gasteiger partial charge in [-0.15, -0.1) is 0 Å². The molecule has 0 unspecified atom stereocenters. The third kappa shape index (κ3) is 4.25. The van der Waals surface area contributed by atoms with E-state index in [0.29, 0.717) is 31.1 Å². The van der Waals surface area contributed by atoms with Crippen LogP contribution < -0.4 is 0 Å². The fourth-order valence-electron chi connectivity index (χ4n) is 3.34. The number of hydrogen-bond donors (Lipinski definition) is 0. The van der Waals surface area contributed by atoms with Crippen molar-refractivity contribution in [3.05, 3.63) is 65.0 Å². The lowest BCUT2D eigenvalue weighted by atomic mass is 10.2. The lowest BCUT2D eigenvalue weighted by Gasteiger charge is -2.33. The number of hydrogen-bond acceptors (Lipinski definition) is 5. The minimum absolute atomic E-state index is 0.341. The zero-order chi connectivity index (χ0) is 19.6. The summed E-state index contributed by atoms with van der Waals surface area (Å²) in [6.45, 7) is 3.24. The van der Waals surface area contributed by atoms with E-state index >= 15 is 0 Å². The summed E-state index contributed by atoms with van der Waals surface area (Å²) in [6, 6.07) is 14.7. The van der Waals surface area contributed by atoms with Crippen molar-refractivity contribution in [1.29, 1.82) is 0 Å². The highest BCUT2D eigenvalue weighted by atomic mass is 79.9. The van der Waals surface area contributed by atoms with Crippen molar-refractivity contribution >= 4 is 36.9 Å². The number of aromatic nitrogens is 2. The van der Waals surface area contributed by atoms with Crippen molar-refractivity contribution < 1.29 is 8.42 Å². The highest BCUT2D eigenvalue weighted by molar-refractivity contribution is 9.10. The van der Waals surface area contributed by atoms with Gasteiger partial charge in [-0.05, 0) is 30.3 Å². The molecule has 0 radical (unpaired) electrons. The molecule has 1 aliphatic heterocycles. The fraction of sp³-hybridized carbons (Fsp3) is 0.300. The second-order valence-corrected chi connectivity index (χ2v) is 9.65. The van der Waals surface area contributed by atoms with E-state index in [4.69, 9.17) is 0 Å². The molecule has 0 aliphatic carbocycles. The van der Waals surface area contributed by atoms with Crippen LogP contribution in [0.25, 0.3) is 10.9 Å². The van der Waals surface area contributed by atoms with Gasteiger partial charge in [0.25, 0.3) is 0 Å². The van der Waals surface area contributed by atoms with Crippen molar-refractivity contribution in [2.75, 3.05) is 32.7 Å². The molecule has 4 rings (SSSR count). The monoisotopic (exact) mass is 460 g/mol. The Bertz CT molecular complexity index is 1070. The number of nitrogens with zero attached hydrogens (tertiary/aromatic N) is 4. The van der Waals surface area contributed by atoms with Crippen LogP contribution >= 0.6 is 15.9 Å². The summed E-state index contributed by atoms with van der Waals surface area (Å²) in [6.07, 6.45) is 2.62. The zero-order valence-electron chi connectivity index (χ0n) is 15.3. The third-order valence-corrected chi connectivity index (χ3v) is 7.41. The number of benzene rings is 2. The molecule has 1 saturated heterocycles. The molecular weight excluding hydrogens is 440 g/mol. The third-order valence-electron chi connectivity index (χ3n) is 4.97. The van der Waals surface area contributed by atoms with Gasteiger partial charge >= 0.3 is 0 Å². The molecule has 3 aromatic rings. The normalized spacial score (nSPS) is 16.5. The van der Waals surface area contributed by atoms with E-state index in [2.05, 4.69) is 30.8 Å². The van der Waals surface area contributed by atoms with Gasteiger partial charge in [0.15, 0.2) is 0 Å². The molecule has 2 heterocycles. The number of piperazine rings is 1. The van der Waals surface area contributed by atoms with Crippen LogP contribution in [0.1, 0.15) is 5.82 Å². The van der Waals surface area contributed by atoms with Gasteiger partial charge in [-0.1, -0.05) is 34.1 Å². The first-order chi connectivity index (χ1) is 13.5. The molecule has 1 fully saturated rings. The molecule has 2 aromatic carbocycles. The van der Waals surface area contributed by atoms with Gasteiger partial charge in [-0.3, -0.25) is 0 Å². The lowest BCUT2D eigenvalue weighted by Crippen LogP contribution is -2.49. The first-order valence-corrected chi connectivity index (χ1v) is 11.4. The number of rotatable bonds is 5. The molecule has 1 aromatic heterocycles. The zero-order valence-corrected chi connectivity index (χ0v) is 17.7. The Morgan fingerprint density at radius 3 is 2.43 bits per heavy atom. The first kappa shape index (κ1) is 19.4. The Hall–Kier alpha value is -1.87. The maximum Gasteiger partial charge on any atom is 0.243 e. The molecule has 1 aliphatic rings. The van der Waals surface area contributed by atoms with Gasteiger partial charge in [-0.25, -0.2) is 18.4 Å². The summed E-state index contributed by atoms with van der Waals surface area (Å²) in [4.78, 5) is 11.7. The number of fused-ring (bicyclic) bond motifs is 1. The Labute approximate surface area is 173 Å². The molecule has 0 amide bonds. The second-order valence-electron chi connectivity index (χ2n) is 6.79. The van der Waals surface area contributed by atoms with Crippen LogP contribution in [0.3, 0.4) is 0 Å². The standard InChI is InChI=1S/C20H21BrN4O2S/c21-17-5-7-18(8-6-17)28(26,27)25-13-11-24(12-14-25)10-9-20-22-15-16-3-1-2-4-19(16)23-20/h1-8,15H,9-14H2. The SMILES string of the molecule is O=S(=O)(c1ccc(Br)cc1)N1CCN(CCc2ncc3ccccc3n2)CC1. The summed E-state index contributed by atoms with van der Waals surface area (Å²) in [5.74, 6) is 0.823. The van der Waals surface area contributed by atoms with Crippen LogP contribution in [0, 0.1) is 0 Å². The Morgan fingerprint density at radius 1 is 0.964 bits per heavy atom. The van der Waals surface area contributed by atoms with Crippen molar-refractivity contribution in [2.24, 2.45) is 0 Å². The molecule has 0 spiro atoms. The molecular formula is C20H21BrN4O2S. The van der Waals surface area contributed by atoms with E-state index in [1.165, 1.54) is 0 Å². The van der Waals surface area contributed by atoms with E-state index < -0.39 is 10.0 Å². The van der Waals surface area contributed by atoms with Crippen molar-refractivity contribution in [1.82, 2.24) is 19.2 Å². The van der Waals surface area contributed by atoms with Crippen LogP contribution in [0.2, 0.25) is 0 Å². The van der Waals surface area contributed by atoms with Gasteiger partial charge in [0.05, 0.1) is 10.4 Å². The maximum atomic E-state index is 12.8. The van der Waals surface area contributed by atoms with Crippen LogP contribution in [0.4, 0.5) is 0 Å². The molecule has 6 nitrogen and oxygen atoms in total. The molecule has 0 N–H and O–H groups in total. The van der Waals surface area contributed by atoms with E-state index in [1.807, 2.05) is 30.5 Å². The van der Waals surface area contributed by atoms with E-state index in [9.17, 15) is 8.42 Å². The Morgan fingerprint density at radius 2 is 1.68 bits per heavy atom. The highest BCUT2D eigenvalue weighted by Crippen LogP contribution is 2.20. The molecule has 28 heavy (non-hydrogen) atoms. The number of sulfonamides is 1. The van der Waals surface area contributed by atoms with Crippen LogP contribution in [-0.2, 0) is 16.4 Å². The van der Waals surface area contributed by atoms with Gasteiger partial charge in [-0.2, -0.15) is 4.31 Å². The average molecular weight is 461 g/mol. The summed E-state index contributed by atoms with van der Waals surface area (Å²) < 4.78 is 28.0. The van der Waals surface area contributed by atoms with Crippen LogP contribution in [-0.4, -0.2) is 60.3 Å². The fourth-order valence-corrected chi connectivity index (χ4v) is 5.02. The van der Waals surface area contributed by atoms with Gasteiger partial charge in [0.2, 0.25) is 10.0 Å². The van der Waals surface area contributed by atoms with Crippen LogP contribution in [0.15, 0.2) is 64.1 Å². The van der Waals surface area contributed by atoms with Crippen molar-refractivity contribution in [3.8, 4) is 0 Å². The molecule has 0 atom stereocenters. The molecule has 8 heteroatoms. The minimum atomic E-state index is -3.43. The Kier molecular flexibility index (Phi) is 5.73. The summed E-state index contributed by atoms with van der Waals surface area (Å²) in [5.41, 5.74) is 0.956. The van der Waals surface area contributed by atoms with Crippen molar-refractivity contribution in [2.45, 2.75) is 11.3 Å².